The molecule has 1 aromatic carbocycles. The lowest BCUT2D eigenvalue weighted by molar-refractivity contribution is -0.128. The molecule has 130 valence electrons. The minimum atomic E-state index is -0.616. The minimum absolute atomic E-state index is 0.0361. The largest absolute Gasteiger partial charge is 0.348 e. The minimum Gasteiger partial charge on any atom is -0.348 e. The molecule has 1 saturated carbocycles. The van der Waals surface area contributed by atoms with Gasteiger partial charge in [-0.05, 0) is 37.8 Å². The SMILES string of the molecule is CC12CCC(CNC(=O)NCCc3c(F)cccc3F)(C1)NC2=O. The molecule has 2 fully saturated rings. The summed E-state index contributed by atoms with van der Waals surface area (Å²) in [5, 5.41) is 8.31. The standard InChI is InChI=1S/C17H21F2N3O2/c1-16-6-7-17(9-16,22-14(16)23)10-21-15(24)20-8-5-11-12(18)3-2-4-13(11)19/h2-4H,5-10H2,1H3,(H,22,23)(H2,20,21,24). The Labute approximate surface area is 139 Å². The molecule has 2 atom stereocenters. The molecule has 5 nitrogen and oxygen atoms in total. The lowest BCUT2D eigenvalue weighted by Crippen LogP contribution is -2.53. The van der Waals surface area contributed by atoms with Gasteiger partial charge in [-0.3, -0.25) is 4.79 Å². The summed E-state index contributed by atoms with van der Waals surface area (Å²) in [5.74, 6) is -1.18. The molecule has 2 unspecified atom stereocenters. The van der Waals surface area contributed by atoms with Crippen molar-refractivity contribution in [2.45, 2.75) is 38.1 Å². The van der Waals surface area contributed by atoms with Crippen LogP contribution < -0.4 is 16.0 Å². The van der Waals surface area contributed by atoms with Crippen LogP contribution in [-0.4, -0.2) is 30.6 Å². The predicted octanol–water partition coefficient (Wildman–Crippen LogP) is 1.87. The quantitative estimate of drug-likeness (QED) is 0.768. The van der Waals surface area contributed by atoms with E-state index in [1.54, 1.807) is 0 Å². The monoisotopic (exact) mass is 337 g/mol. The molecule has 1 heterocycles. The van der Waals surface area contributed by atoms with Gasteiger partial charge in [-0.2, -0.15) is 0 Å². The summed E-state index contributed by atoms with van der Waals surface area (Å²) < 4.78 is 27.0. The van der Waals surface area contributed by atoms with Crippen molar-refractivity contribution in [2.75, 3.05) is 13.1 Å². The fraction of sp³-hybridized carbons (Fsp3) is 0.529. The molecule has 3 N–H and O–H groups in total. The van der Waals surface area contributed by atoms with Crippen LogP contribution in [0.4, 0.5) is 13.6 Å². The molecule has 1 aliphatic heterocycles. The highest BCUT2D eigenvalue weighted by atomic mass is 19.1. The van der Waals surface area contributed by atoms with Crippen molar-refractivity contribution in [3.8, 4) is 0 Å². The number of piperidine rings is 1. The highest BCUT2D eigenvalue weighted by Crippen LogP contribution is 2.49. The molecule has 0 radical (unpaired) electrons. The van der Waals surface area contributed by atoms with Crippen molar-refractivity contribution >= 4 is 11.9 Å². The second-order valence-electron chi connectivity index (χ2n) is 7.03. The Balaban J connectivity index is 1.45. The zero-order chi connectivity index (χ0) is 17.4. The normalized spacial score (nSPS) is 27.9. The Morgan fingerprint density at radius 3 is 2.54 bits per heavy atom. The first kappa shape index (κ1) is 16.7. The molecule has 1 aliphatic carbocycles. The number of carbonyl (C=O) groups is 2. The number of carbonyl (C=O) groups excluding carboxylic acids is 2. The van der Waals surface area contributed by atoms with E-state index < -0.39 is 17.7 Å². The van der Waals surface area contributed by atoms with Gasteiger partial charge in [-0.25, -0.2) is 13.6 Å². The molecular weight excluding hydrogens is 316 g/mol. The summed E-state index contributed by atoms with van der Waals surface area (Å²) >= 11 is 0. The second-order valence-corrected chi connectivity index (χ2v) is 7.03. The van der Waals surface area contributed by atoms with Crippen molar-refractivity contribution in [1.29, 1.82) is 0 Å². The highest BCUT2D eigenvalue weighted by molar-refractivity contribution is 5.87. The molecule has 1 aromatic rings. The maximum absolute atomic E-state index is 13.5. The Bertz CT molecular complexity index is 662. The van der Waals surface area contributed by atoms with Gasteiger partial charge in [0.25, 0.3) is 0 Å². The number of fused-ring (bicyclic) bond motifs is 2. The Morgan fingerprint density at radius 1 is 1.25 bits per heavy atom. The Hall–Kier alpha value is -2.18. The number of urea groups is 1. The molecule has 0 spiro atoms. The molecule has 3 rings (SSSR count). The van der Waals surface area contributed by atoms with E-state index >= 15 is 0 Å². The first-order valence-electron chi connectivity index (χ1n) is 8.11. The van der Waals surface area contributed by atoms with Crippen molar-refractivity contribution in [3.63, 3.8) is 0 Å². The van der Waals surface area contributed by atoms with Crippen LogP contribution >= 0.6 is 0 Å². The van der Waals surface area contributed by atoms with Crippen molar-refractivity contribution in [3.05, 3.63) is 35.4 Å². The van der Waals surface area contributed by atoms with Crippen molar-refractivity contribution in [1.82, 2.24) is 16.0 Å². The van der Waals surface area contributed by atoms with Gasteiger partial charge in [-0.1, -0.05) is 13.0 Å². The van der Waals surface area contributed by atoms with E-state index in [-0.39, 0.29) is 35.4 Å². The summed E-state index contributed by atoms with van der Waals surface area (Å²) in [5.41, 5.74) is -0.715. The summed E-state index contributed by atoms with van der Waals surface area (Å²) in [6.07, 6.45) is 2.47. The average molecular weight is 337 g/mol. The molecular formula is C17H21F2N3O2. The molecule has 3 amide bonds. The molecule has 1 saturated heterocycles. The van der Waals surface area contributed by atoms with Crippen molar-refractivity contribution < 1.29 is 18.4 Å². The fourth-order valence-electron chi connectivity index (χ4n) is 3.71. The van der Waals surface area contributed by atoms with E-state index in [9.17, 15) is 18.4 Å². The summed E-state index contributed by atoms with van der Waals surface area (Å²) in [6.45, 7) is 2.43. The predicted molar refractivity (Wildman–Crippen MR) is 84.3 cm³/mol. The highest BCUT2D eigenvalue weighted by Gasteiger charge is 2.57. The van der Waals surface area contributed by atoms with Gasteiger partial charge in [-0.15, -0.1) is 0 Å². The summed E-state index contributed by atoms with van der Waals surface area (Å²) in [6, 6.07) is 3.28. The third kappa shape index (κ3) is 3.07. The van der Waals surface area contributed by atoms with E-state index in [0.29, 0.717) is 6.54 Å². The molecule has 2 aliphatic rings. The fourth-order valence-corrected chi connectivity index (χ4v) is 3.71. The van der Waals surface area contributed by atoms with Gasteiger partial charge in [0.05, 0.1) is 5.54 Å². The number of rotatable bonds is 5. The van der Waals surface area contributed by atoms with Gasteiger partial charge in [0.15, 0.2) is 0 Å². The molecule has 24 heavy (non-hydrogen) atoms. The van der Waals surface area contributed by atoms with Crippen LogP contribution in [0.25, 0.3) is 0 Å². The number of halogens is 2. The van der Waals surface area contributed by atoms with Crippen LogP contribution in [0.2, 0.25) is 0 Å². The number of amides is 3. The van der Waals surface area contributed by atoms with Crippen LogP contribution in [0.3, 0.4) is 0 Å². The van der Waals surface area contributed by atoms with Gasteiger partial charge in [0.1, 0.15) is 11.6 Å². The molecule has 0 aromatic heterocycles. The number of nitrogens with one attached hydrogen (secondary N) is 3. The average Bonchev–Trinajstić information content (AvgIpc) is 2.99. The maximum atomic E-state index is 13.5. The molecule has 7 heteroatoms. The van der Waals surface area contributed by atoms with Crippen LogP contribution in [0.1, 0.15) is 31.7 Å². The number of hydrogen-bond acceptors (Lipinski definition) is 2. The summed E-state index contributed by atoms with van der Waals surface area (Å²) in [4.78, 5) is 23.8. The van der Waals surface area contributed by atoms with Crippen LogP contribution in [-0.2, 0) is 11.2 Å². The second kappa shape index (κ2) is 6.03. The van der Waals surface area contributed by atoms with E-state index in [1.165, 1.54) is 18.2 Å². The lowest BCUT2D eigenvalue weighted by atomic mass is 9.89. The van der Waals surface area contributed by atoms with Gasteiger partial charge in [0.2, 0.25) is 5.91 Å². The maximum Gasteiger partial charge on any atom is 0.314 e. The van der Waals surface area contributed by atoms with Gasteiger partial charge < -0.3 is 16.0 Å². The zero-order valence-electron chi connectivity index (χ0n) is 13.5. The number of benzene rings is 1. The Kier molecular flexibility index (Phi) is 4.19. The number of hydrogen-bond donors (Lipinski definition) is 3. The smallest absolute Gasteiger partial charge is 0.314 e. The summed E-state index contributed by atoms with van der Waals surface area (Å²) in [7, 11) is 0. The van der Waals surface area contributed by atoms with Crippen LogP contribution in [0.15, 0.2) is 18.2 Å². The third-order valence-electron chi connectivity index (χ3n) is 5.12. The zero-order valence-corrected chi connectivity index (χ0v) is 13.5. The van der Waals surface area contributed by atoms with E-state index in [2.05, 4.69) is 16.0 Å². The first-order chi connectivity index (χ1) is 11.3. The Morgan fingerprint density at radius 2 is 1.96 bits per heavy atom. The van der Waals surface area contributed by atoms with Gasteiger partial charge in [0, 0.05) is 24.1 Å². The topological polar surface area (TPSA) is 70.2 Å². The van der Waals surface area contributed by atoms with Gasteiger partial charge >= 0.3 is 6.03 Å². The van der Waals surface area contributed by atoms with E-state index in [1.807, 2.05) is 6.92 Å². The lowest BCUT2D eigenvalue weighted by Gasteiger charge is -2.28. The van der Waals surface area contributed by atoms with Crippen molar-refractivity contribution in [2.24, 2.45) is 5.41 Å². The van der Waals surface area contributed by atoms with Crippen LogP contribution in [0, 0.1) is 17.0 Å². The third-order valence-corrected chi connectivity index (χ3v) is 5.12. The first-order valence-corrected chi connectivity index (χ1v) is 8.11. The van der Waals surface area contributed by atoms with E-state index in [4.69, 9.17) is 0 Å². The van der Waals surface area contributed by atoms with E-state index in [0.717, 1.165) is 19.3 Å². The molecule has 2 bridgehead atoms. The van der Waals surface area contributed by atoms with Crippen LogP contribution in [0.5, 0.6) is 0 Å².